The minimum Gasteiger partial charge on any atom is -0.355 e. The normalized spacial score (nSPS) is 21.9. The first-order valence-electron chi connectivity index (χ1n) is 6.47. The molecule has 0 spiro atoms. The lowest BCUT2D eigenvalue weighted by atomic mass is 10.2. The third-order valence-electron chi connectivity index (χ3n) is 3.75. The fourth-order valence-corrected chi connectivity index (χ4v) is 2.60. The smallest absolute Gasteiger partial charge is 0.193 e. The third-order valence-corrected chi connectivity index (χ3v) is 3.75. The Kier molecular flexibility index (Phi) is 4.04. The Morgan fingerprint density at radius 1 is 1.44 bits per heavy atom. The van der Waals surface area contributed by atoms with Gasteiger partial charge in [-0.2, -0.15) is 0 Å². The average molecular weight is 224 g/mol. The van der Waals surface area contributed by atoms with Gasteiger partial charge < -0.3 is 15.1 Å². The van der Waals surface area contributed by atoms with E-state index in [2.05, 4.69) is 34.2 Å². The second-order valence-corrected chi connectivity index (χ2v) is 4.97. The van der Waals surface area contributed by atoms with Gasteiger partial charge in [-0.25, -0.2) is 0 Å². The van der Waals surface area contributed by atoms with E-state index in [4.69, 9.17) is 0 Å². The van der Waals surface area contributed by atoms with Crippen LogP contribution >= 0.6 is 0 Å². The van der Waals surface area contributed by atoms with Gasteiger partial charge in [0.1, 0.15) is 0 Å². The van der Waals surface area contributed by atoms with E-state index in [1.165, 1.54) is 25.7 Å². The van der Waals surface area contributed by atoms with Gasteiger partial charge in [-0.05, 0) is 19.9 Å². The highest BCUT2D eigenvalue weighted by Crippen LogP contribution is 2.21. The molecule has 0 amide bonds. The van der Waals surface area contributed by atoms with Gasteiger partial charge in [0.05, 0.1) is 6.54 Å². The molecule has 1 saturated carbocycles. The second-order valence-electron chi connectivity index (χ2n) is 4.97. The quantitative estimate of drug-likeness (QED) is 0.764. The molecule has 0 radical (unpaired) electrons. The number of rotatable bonds is 4. The van der Waals surface area contributed by atoms with E-state index in [-0.39, 0.29) is 0 Å². The molecule has 0 aromatic heterocycles. The Morgan fingerprint density at radius 2 is 2.19 bits per heavy atom. The summed E-state index contributed by atoms with van der Waals surface area (Å²) >= 11 is 0. The topological polar surface area (TPSA) is 30.9 Å². The maximum absolute atomic E-state index is 4.42. The molecule has 2 rings (SSSR count). The molecular weight excluding hydrogens is 200 g/mol. The number of likely N-dealkylation sites (N-methyl/N-ethyl adjacent to an activating group) is 2. The van der Waals surface area contributed by atoms with Crippen molar-refractivity contribution in [3.8, 4) is 0 Å². The Balaban J connectivity index is 1.63. The van der Waals surface area contributed by atoms with Gasteiger partial charge >= 0.3 is 0 Å². The lowest BCUT2D eigenvalue weighted by Crippen LogP contribution is -2.41. The minimum atomic E-state index is 0.824. The Hall–Kier alpha value is -0.770. The molecule has 2 aliphatic rings. The number of nitrogens with zero attached hydrogens (tertiary/aromatic N) is 3. The van der Waals surface area contributed by atoms with Crippen molar-refractivity contribution in [3.63, 3.8) is 0 Å². The lowest BCUT2D eigenvalue weighted by Gasteiger charge is -2.24. The van der Waals surface area contributed by atoms with Gasteiger partial charge in [0.2, 0.25) is 0 Å². The van der Waals surface area contributed by atoms with Crippen LogP contribution in [0.4, 0.5) is 0 Å². The number of nitrogens with one attached hydrogen (secondary N) is 1. The number of hydrogen-bond acceptors (Lipinski definition) is 4. The summed E-state index contributed by atoms with van der Waals surface area (Å²) in [5.74, 6) is 1.07. The first-order chi connectivity index (χ1) is 7.77. The van der Waals surface area contributed by atoms with Crippen molar-refractivity contribution in [1.29, 1.82) is 0 Å². The van der Waals surface area contributed by atoms with Crippen molar-refractivity contribution in [1.82, 2.24) is 15.1 Å². The number of guanidine groups is 1. The van der Waals surface area contributed by atoms with Crippen LogP contribution in [0.2, 0.25) is 0 Å². The van der Waals surface area contributed by atoms with Gasteiger partial charge in [0, 0.05) is 32.7 Å². The van der Waals surface area contributed by atoms with Crippen LogP contribution in [0.3, 0.4) is 0 Å². The van der Waals surface area contributed by atoms with Gasteiger partial charge in [-0.1, -0.05) is 12.8 Å². The van der Waals surface area contributed by atoms with Crippen molar-refractivity contribution in [2.24, 2.45) is 4.99 Å². The van der Waals surface area contributed by atoms with Crippen LogP contribution in [0.15, 0.2) is 4.99 Å². The summed E-state index contributed by atoms with van der Waals surface area (Å²) in [4.78, 5) is 9.11. The van der Waals surface area contributed by atoms with Crippen LogP contribution in [0.1, 0.15) is 25.7 Å². The standard InChI is InChI=1S/C12H24N4/c1-15(11-5-3-4-6-11)9-7-13-12-14-8-10-16(12)2/h11H,3-10H2,1-2H3,(H,13,14). The SMILES string of the molecule is CN1CCN=C1NCCN(C)C1CCCC1. The van der Waals surface area contributed by atoms with Crippen LogP contribution in [-0.2, 0) is 0 Å². The predicted octanol–water partition coefficient (Wildman–Crippen LogP) is 0.752. The summed E-state index contributed by atoms with van der Waals surface area (Å²) in [6, 6.07) is 0.824. The van der Waals surface area contributed by atoms with Crippen molar-refractivity contribution >= 4 is 5.96 Å². The van der Waals surface area contributed by atoms with Crippen LogP contribution in [-0.4, -0.2) is 62.1 Å². The van der Waals surface area contributed by atoms with E-state index in [1.54, 1.807) is 0 Å². The number of hydrogen-bond donors (Lipinski definition) is 1. The molecule has 0 aromatic rings. The van der Waals surface area contributed by atoms with Gasteiger partial charge in [0.25, 0.3) is 0 Å². The molecule has 1 aliphatic heterocycles. The van der Waals surface area contributed by atoms with E-state index >= 15 is 0 Å². The van der Waals surface area contributed by atoms with Crippen molar-refractivity contribution in [2.45, 2.75) is 31.7 Å². The lowest BCUT2D eigenvalue weighted by molar-refractivity contribution is 0.249. The van der Waals surface area contributed by atoms with E-state index < -0.39 is 0 Å². The molecule has 1 N–H and O–H groups in total. The highest BCUT2D eigenvalue weighted by molar-refractivity contribution is 5.81. The van der Waals surface area contributed by atoms with Gasteiger partial charge in [-0.15, -0.1) is 0 Å². The Bertz CT molecular complexity index is 245. The van der Waals surface area contributed by atoms with Gasteiger partial charge in [0.15, 0.2) is 5.96 Å². The van der Waals surface area contributed by atoms with E-state index in [0.29, 0.717) is 0 Å². The fraction of sp³-hybridized carbons (Fsp3) is 0.917. The molecule has 1 heterocycles. The third kappa shape index (κ3) is 2.88. The molecule has 0 unspecified atom stereocenters. The molecule has 4 nitrogen and oxygen atoms in total. The highest BCUT2D eigenvalue weighted by Gasteiger charge is 2.19. The van der Waals surface area contributed by atoms with E-state index in [9.17, 15) is 0 Å². The maximum Gasteiger partial charge on any atom is 0.193 e. The molecule has 0 atom stereocenters. The summed E-state index contributed by atoms with van der Waals surface area (Å²) in [7, 11) is 4.34. The number of aliphatic imine (C=N–C) groups is 1. The zero-order chi connectivity index (χ0) is 11.4. The molecule has 0 aromatic carbocycles. The van der Waals surface area contributed by atoms with Crippen LogP contribution < -0.4 is 5.32 Å². The predicted molar refractivity (Wildman–Crippen MR) is 67.8 cm³/mol. The van der Waals surface area contributed by atoms with Gasteiger partial charge in [-0.3, -0.25) is 4.99 Å². The molecule has 0 saturated heterocycles. The van der Waals surface area contributed by atoms with E-state index in [0.717, 1.165) is 38.2 Å². The summed E-state index contributed by atoms with van der Waals surface area (Å²) in [5, 5.41) is 3.42. The Labute approximate surface area is 98.7 Å². The second kappa shape index (κ2) is 5.53. The largest absolute Gasteiger partial charge is 0.355 e. The highest BCUT2D eigenvalue weighted by atomic mass is 15.3. The molecular formula is C12H24N4. The molecule has 16 heavy (non-hydrogen) atoms. The summed E-state index contributed by atoms with van der Waals surface area (Å²) in [6.07, 6.45) is 5.60. The first kappa shape index (κ1) is 11.7. The summed E-state index contributed by atoms with van der Waals surface area (Å²) < 4.78 is 0. The zero-order valence-electron chi connectivity index (χ0n) is 10.6. The molecule has 0 bridgehead atoms. The maximum atomic E-state index is 4.42. The molecule has 1 fully saturated rings. The van der Waals surface area contributed by atoms with Crippen molar-refractivity contribution in [2.75, 3.05) is 40.3 Å². The first-order valence-corrected chi connectivity index (χ1v) is 6.47. The molecule has 4 heteroatoms. The van der Waals surface area contributed by atoms with Crippen LogP contribution in [0.25, 0.3) is 0 Å². The minimum absolute atomic E-state index is 0.824. The molecule has 1 aliphatic carbocycles. The van der Waals surface area contributed by atoms with Crippen molar-refractivity contribution < 1.29 is 0 Å². The zero-order valence-corrected chi connectivity index (χ0v) is 10.6. The van der Waals surface area contributed by atoms with Crippen LogP contribution in [0, 0.1) is 0 Å². The van der Waals surface area contributed by atoms with Crippen LogP contribution in [0.5, 0.6) is 0 Å². The Morgan fingerprint density at radius 3 is 2.81 bits per heavy atom. The average Bonchev–Trinajstić information content (AvgIpc) is 2.90. The molecule has 92 valence electrons. The monoisotopic (exact) mass is 224 g/mol. The summed E-state index contributed by atoms with van der Waals surface area (Å²) in [6.45, 7) is 4.13. The fourth-order valence-electron chi connectivity index (χ4n) is 2.60. The van der Waals surface area contributed by atoms with E-state index in [1.807, 2.05) is 0 Å². The van der Waals surface area contributed by atoms with Crippen molar-refractivity contribution in [3.05, 3.63) is 0 Å². The summed E-state index contributed by atoms with van der Waals surface area (Å²) in [5.41, 5.74) is 0.